The van der Waals surface area contributed by atoms with Crippen molar-refractivity contribution >= 4 is 44.2 Å². The van der Waals surface area contributed by atoms with Gasteiger partial charge in [0.25, 0.3) is 5.91 Å². The second-order valence-corrected chi connectivity index (χ2v) is 7.70. The zero-order valence-corrected chi connectivity index (χ0v) is 17.1. The first kappa shape index (κ1) is 19.4. The van der Waals surface area contributed by atoms with Crippen LogP contribution in [0.4, 0.5) is 9.52 Å². The summed E-state index contributed by atoms with van der Waals surface area (Å²) in [5, 5.41) is 7.80. The van der Waals surface area contributed by atoms with Gasteiger partial charge < -0.3 is 4.74 Å². The Morgan fingerprint density at radius 1 is 1.28 bits per heavy atom. The fourth-order valence-corrected chi connectivity index (χ4v) is 4.18. The molecule has 29 heavy (non-hydrogen) atoms. The standard InChI is InChI=1S/C20H16ClFN4O2S/c1-11-16(18(21)26(25-11)10-12-6-8-13(22)9-7-12)19(27)24-20-23-17-14(28-2)4-3-5-15(17)29-20/h3-9H,10H2,1-2H3,(H,23,24,27). The summed E-state index contributed by atoms with van der Waals surface area (Å²) in [6, 6.07) is 11.6. The van der Waals surface area contributed by atoms with Crippen molar-refractivity contribution in [1.29, 1.82) is 0 Å². The van der Waals surface area contributed by atoms with Crippen LogP contribution in [0, 0.1) is 12.7 Å². The highest BCUT2D eigenvalue weighted by Gasteiger charge is 2.22. The number of methoxy groups -OCH3 is 1. The quantitative estimate of drug-likeness (QED) is 0.488. The van der Waals surface area contributed by atoms with Crippen LogP contribution in [0.15, 0.2) is 42.5 Å². The van der Waals surface area contributed by atoms with E-state index in [-0.39, 0.29) is 16.5 Å². The summed E-state index contributed by atoms with van der Waals surface area (Å²) in [6.45, 7) is 2.04. The summed E-state index contributed by atoms with van der Waals surface area (Å²) >= 11 is 7.77. The lowest BCUT2D eigenvalue weighted by atomic mass is 10.2. The number of anilines is 1. The number of hydrogen-bond acceptors (Lipinski definition) is 5. The van der Waals surface area contributed by atoms with E-state index >= 15 is 0 Å². The number of aromatic nitrogens is 3. The molecule has 1 amide bonds. The lowest BCUT2D eigenvalue weighted by molar-refractivity contribution is 0.102. The summed E-state index contributed by atoms with van der Waals surface area (Å²) < 4.78 is 20.8. The smallest absolute Gasteiger partial charge is 0.262 e. The van der Waals surface area contributed by atoms with Crippen LogP contribution in [0.1, 0.15) is 21.6 Å². The first-order valence-electron chi connectivity index (χ1n) is 8.68. The van der Waals surface area contributed by atoms with Gasteiger partial charge in [-0.25, -0.2) is 14.1 Å². The first-order chi connectivity index (χ1) is 14.0. The molecule has 0 aliphatic heterocycles. The highest BCUT2D eigenvalue weighted by molar-refractivity contribution is 7.22. The number of hydrogen-bond donors (Lipinski definition) is 1. The van der Waals surface area contributed by atoms with Gasteiger partial charge in [-0.05, 0) is 36.8 Å². The Kier molecular flexibility index (Phi) is 5.21. The molecule has 6 nitrogen and oxygen atoms in total. The molecule has 0 saturated heterocycles. The predicted molar refractivity (Wildman–Crippen MR) is 112 cm³/mol. The van der Waals surface area contributed by atoms with Crippen LogP contribution in [0.3, 0.4) is 0 Å². The Bertz CT molecular complexity index is 1200. The Morgan fingerprint density at radius 2 is 2.03 bits per heavy atom. The van der Waals surface area contributed by atoms with Gasteiger partial charge in [0.15, 0.2) is 5.13 Å². The number of nitrogens with zero attached hydrogens (tertiary/aromatic N) is 3. The molecule has 0 unspecified atom stereocenters. The van der Waals surface area contributed by atoms with Crippen molar-refractivity contribution < 1.29 is 13.9 Å². The zero-order valence-electron chi connectivity index (χ0n) is 15.6. The Morgan fingerprint density at radius 3 is 2.76 bits per heavy atom. The summed E-state index contributed by atoms with van der Waals surface area (Å²) in [6.07, 6.45) is 0. The molecular formula is C20H16ClFN4O2S. The van der Waals surface area contributed by atoms with Crippen molar-refractivity contribution in [1.82, 2.24) is 14.8 Å². The number of rotatable bonds is 5. The van der Waals surface area contributed by atoms with E-state index in [4.69, 9.17) is 16.3 Å². The van der Waals surface area contributed by atoms with E-state index in [0.717, 1.165) is 10.3 Å². The van der Waals surface area contributed by atoms with Gasteiger partial charge in [0.05, 0.1) is 29.6 Å². The maximum atomic E-state index is 13.1. The third-order valence-corrected chi connectivity index (χ3v) is 5.68. The molecule has 2 aromatic carbocycles. The monoisotopic (exact) mass is 430 g/mol. The fraction of sp³-hybridized carbons (Fsp3) is 0.150. The normalized spacial score (nSPS) is 11.0. The minimum absolute atomic E-state index is 0.211. The molecule has 0 spiro atoms. The molecule has 1 N–H and O–H groups in total. The number of ether oxygens (including phenoxy) is 1. The lowest BCUT2D eigenvalue weighted by Gasteiger charge is -2.04. The molecule has 0 aliphatic rings. The van der Waals surface area contributed by atoms with E-state index in [1.807, 2.05) is 18.2 Å². The highest BCUT2D eigenvalue weighted by Crippen LogP contribution is 2.32. The largest absolute Gasteiger partial charge is 0.494 e. The second kappa shape index (κ2) is 7.81. The first-order valence-corrected chi connectivity index (χ1v) is 9.88. The number of para-hydroxylation sites is 1. The van der Waals surface area contributed by atoms with E-state index in [9.17, 15) is 9.18 Å². The van der Waals surface area contributed by atoms with Crippen molar-refractivity contribution in [3.05, 3.63) is 70.3 Å². The summed E-state index contributed by atoms with van der Waals surface area (Å²) in [7, 11) is 1.57. The second-order valence-electron chi connectivity index (χ2n) is 6.32. The number of halogens is 2. The molecule has 0 bridgehead atoms. The number of thiazole rings is 1. The molecule has 2 aromatic heterocycles. The van der Waals surface area contributed by atoms with Gasteiger partial charge in [0.1, 0.15) is 22.2 Å². The molecule has 0 aliphatic carbocycles. The SMILES string of the molecule is COc1cccc2sc(NC(=O)c3c(C)nn(Cc4ccc(F)cc4)c3Cl)nc12. The van der Waals surface area contributed by atoms with Crippen LogP contribution < -0.4 is 10.1 Å². The lowest BCUT2D eigenvalue weighted by Crippen LogP contribution is -2.13. The van der Waals surface area contributed by atoms with E-state index in [1.54, 1.807) is 26.2 Å². The van der Waals surface area contributed by atoms with Crippen molar-refractivity contribution in [2.24, 2.45) is 0 Å². The molecule has 0 atom stereocenters. The number of amides is 1. The van der Waals surface area contributed by atoms with Crippen molar-refractivity contribution in [2.75, 3.05) is 12.4 Å². The number of aryl methyl sites for hydroxylation is 1. The Balaban J connectivity index is 1.59. The molecule has 4 aromatic rings. The van der Waals surface area contributed by atoms with Gasteiger partial charge in [0, 0.05) is 0 Å². The molecule has 0 radical (unpaired) electrons. The zero-order chi connectivity index (χ0) is 20.5. The topological polar surface area (TPSA) is 69.0 Å². The molecule has 9 heteroatoms. The average Bonchev–Trinajstić information content (AvgIpc) is 3.23. The number of fused-ring (bicyclic) bond motifs is 1. The number of benzene rings is 2. The molecular weight excluding hydrogens is 415 g/mol. The van der Waals surface area contributed by atoms with Crippen LogP contribution in [-0.4, -0.2) is 27.8 Å². The summed E-state index contributed by atoms with van der Waals surface area (Å²) in [5.74, 6) is -0.0690. The molecule has 0 saturated carbocycles. The van der Waals surface area contributed by atoms with Gasteiger partial charge in [-0.2, -0.15) is 5.10 Å². The minimum Gasteiger partial charge on any atom is -0.494 e. The maximum absolute atomic E-state index is 13.1. The number of carbonyl (C=O) groups excluding carboxylic acids is 1. The molecule has 4 rings (SSSR count). The number of nitrogens with one attached hydrogen (secondary N) is 1. The third-order valence-electron chi connectivity index (χ3n) is 4.36. The van der Waals surface area contributed by atoms with E-state index in [0.29, 0.717) is 28.6 Å². The van der Waals surface area contributed by atoms with Crippen molar-refractivity contribution in [3.8, 4) is 5.75 Å². The van der Waals surface area contributed by atoms with Crippen molar-refractivity contribution in [2.45, 2.75) is 13.5 Å². The highest BCUT2D eigenvalue weighted by atomic mass is 35.5. The Labute approximate surface area is 174 Å². The van der Waals surface area contributed by atoms with Crippen molar-refractivity contribution in [3.63, 3.8) is 0 Å². The average molecular weight is 431 g/mol. The van der Waals surface area contributed by atoms with Gasteiger partial charge >= 0.3 is 0 Å². The van der Waals surface area contributed by atoms with E-state index in [1.165, 1.54) is 28.2 Å². The van der Waals surface area contributed by atoms with Crippen LogP contribution >= 0.6 is 22.9 Å². The fourth-order valence-electron chi connectivity index (χ4n) is 2.98. The van der Waals surface area contributed by atoms with Crippen LogP contribution in [0.2, 0.25) is 5.15 Å². The van der Waals surface area contributed by atoms with E-state index < -0.39 is 5.91 Å². The Hall–Kier alpha value is -2.97. The van der Waals surface area contributed by atoms with Gasteiger partial charge in [-0.1, -0.05) is 41.1 Å². The van der Waals surface area contributed by atoms with Crippen LogP contribution in [0.25, 0.3) is 10.2 Å². The predicted octanol–water partition coefficient (Wildman–Crippen LogP) is 4.90. The molecule has 0 fully saturated rings. The van der Waals surface area contributed by atoms with Gasteiger partial charge in [-0.3, -0.25) is 10.1 Å². The van der Waals surface area contributed by atoms with Gasteiger partial charge in [0.2, 0.25) is 0 Å². The van der Waals surface area contributed by atoms with Crippen LogP contribution in [0.5, 0.6) is 5.75 Å². The van der Waals surface area contributed by atoms with Gasteiger partial charge in [-0.15, -0.1) is 0 Å². The molecule has 2 heterocycles. The molecule has 148 valence electrons. The maximum Gasteiger partial charge on any atom is 0.262 e. The number of carbonyl (C=O) groups is 1. The van der Waals surface area contributed by atoms with Crippen LogP contribution in [-0.2, 0) is 6.54 Å². The summed E-state index contributed by atoms with van der Waals surface area (Å²) in [5.41, 5.74) is 2.28. The van der Waals surface area contributed by atoms with E-state index in [2.05, 4.69) is 15.4 Å². The third kappa shape index (κ3) is 3.81. The minimum atomic E-state index is -0.393. The summed E-state index contributed by atoms with van der Waals surface area (Å²) in [4.78, 5) is 17.3.